The van der Waals surface area contributed by atoms with Crippen molar-refractivity contribution < 1.29 is 53.1 Å². The molecule has 11 nitrogen and oxygen atoms in total. The number of hydrogen-bond donors (Lipinski definition) is 2. The Labute approximate surface area is 302 Å². The van der Waals surface area contributed by atoms with Gasteiger partial charge in [0.15, 0.2) is 0 Å². The minimum Gasteiger partial charge on any atom is -0.490 e. The molecule has 13 heteroatoms. The van der Waals surface area contributed by atoms with E-state index in [1.54, 1.807) is 48.5 Å². The molecule has 0 aliphatic rings. The van der Waals surface area contributed by atoms with Crippen molar-refractivity contribution in [2.45, 2.75) is 22.0 Å². The standard InChI is InChI=1S/C38H34O11S2/c39-35(40)19-21-37(43)48-31(25-50-33-7-3-1-4-8-33)23-45-27-11-15-29(16-12-27)47-30-17-13-28(14-18-30)46-24-32(49-38(44)22-20-36(41)42)26-51-34-9-5-2-6-10-34/h1-22,31-32H,23-26H2,(H,39,40)(H,41,42)/b21-19-,22-20-. The summed E-state index contributed by atoms with van der Waals surface area (Å²) in [5.41, 5.74) is 0. The fourth-order valence-corrected chi connectivity index (χ4v) is 5.84. The van der Waals surface area contributed by atoms with E-state index in [9.17, 15) is 19.2 Å². The summed E-state index contributed by atoms with van der Waals surface area (Å²) in [5.74, 6) is -1.19. The van der Waals surface area contributed by atoms with Gasteiger partial charge in [0.25, 0.3) is 0 Å². The van der Waals surface area contributed by atoms with Gasteiger partial charge in [0, 0.05) is 45.6 Å². The summed E-state index contributed by atoms with van der Waals surface area (Å²) in [6.07, 6.45) is 1.85. The highest BCUT2D eigenvalue weighted by Crippen LogP contribution is 2.27. The summed E-state index contributed by atoms with van der Waals surface area (Å²) in [5, 5.41) is 17.6. The van der Waals surface area contributed by atoms with Crippen molar-refractivity contribution in [3.05, 3.63) is 133 Å². The highest BCUT2D eigenvalue weighted by atomic mass is 32.2. The number of hydrogen-bond acceptors (Lipinski definition) is 11. The third-order valence-corrected chi connectivity index (χ3v) is 8.69. The normalized spacial score (nSPS) is 12.2. The first-order valence-corrected chi connectivity index (χ1v) is 17.4. The summed E-state index contributed by atoms with van der Waals surface area (Å²) in [4.78, 5) is 47.8. The van der Waals surface area contributed by atoms with Crippen LogP contribution in [0.15, 0.2) is 143 Å². The third-order valence-electron chi connectivity index (χ3n) is 6.40. The van der Waals surface area contributed by atoms with E-state index < -0.39 is 36.1 Å². The minimum absolute atomic E-state index is 0.0399. The lowest BCUT2D eigenvalue weighted by atomic mass is 10.3. The summed E-state index contributed by atoms with van der Waals surface area (Å²) in [7, 11) is 0. The Morgan fingerprint density at radius 2 is 0.863 bits per heavy atom. The van der Waals surface area contributed by atoms with E-state index in [4.69, 9.17) is 33.9 Å². The Balaban J connectivity index is 1.28. The van der Waals surface area contributed by atoms with Gasteiger partial charge in [0.2, 0.25) is 0 Å². The van der Waals surface area contributed by atoms with E-state index >= 15 is 0 Å². The molecule has 2 unspecified atom stereocenters. The first-order valence-electron chi connectivity index (χ1n) is 15.4. The van der Waals surface area contributed by atoms with Crippen LogP contribution in [0.4, 0.5) is 0 Å². The van der Waals surface area contributed by atoms with Crippen LogP contribution in [0, 0.1) is 0 Å². The molecular formula is C38H34O11S2. The van der Waals surface area contributed by atoms with Crippen LogP contribution in [0.2, 0.25) is 0 Å². The minimum atomic E-state index is -1.25. The smallest absolute Gasteiger partial charge is 0.331 e. The molecular weight excluding hydrogens is 697 g/mol. The molecule has 0 aromatic heterocycles. The van der Waals surface area contributed by atoms with Gasteiger partial charge in [-0.15, -0.1) is 23.5 Å². The second-order valence-electron chi connectivity index (χ2n) is 10.4. The lowest BCUT2D eigenvalue weighted by Gasteiger charge is -2.18. The van der Waals surface area contributed by atoms with Crippen LogP contribution in [0.1, 0.15) is 0 Å². The predicted octanol–water partition coefficient (Wildman–Crippen LogP) is 6.93. The first kappa shape index (κ1) is 38.1. The molecule has 0 fully saturated rings. The summed E-state index contributed by atoms with van der Waals surface area (Å²) >= 11 is 2.95. The van der Waals surface area contributed by atoms with E-state index in [-0.39, 0.29) is 13.2 Å². The van der Waals surface area contributed by atoms with Gasteiger partial charge in [0.05, 0.1) is 0 Å². The molecule has 0 saturated carbocycles. The van der Waals surface area contributed by atoms with Gasteiger partial charge in [-0.25, -0.2) is 19.2 Å². The summed E-state index contributed by atoms with van der Waals surface area (Å²) in [6, 6.07) is 32.9. The molecule has 51 heavy (non-hydrogen) atoms. The predicted molar refractivity (Wildman–Crippen MR) is 192 cm³/mol. The molecule has 2 N–H and O–H groups in total. The zero-order chi connectivity index (χ0) is 36.3. The van der Waals surface area contributed by atoms with Gasteiger partial charge in [-0.3, -0.25) is 0 Å². The Kier molecular flexibility index (Phi) is 15.5. The van der Waals surface area contributed by atoms with Crippen molar-refractivity contribution in [1.29, 1.82) is 0 Å². The van der Waals surface area contributed by atoms with Gasteiger partial charge in [0.1, 0.15) is 48.4 Å². The molecule has 0 bridgehead atoms. The van der Waals surface area contributed by atoms with Crippen LogP contribution in [0.25, 0.3) is 0 Å². The maximum Gasteiger partial charge on any atom is 0.331 e. The Bertz CT molecular complexity index is 1630. The van der Waals surface area contributed by atoms with Gasteiger partial charge in [-0.05, 0) is 72.8 Å². The van der Waals surface area contributed by atoms with Crippen molar-refractivity contribution in [3.8, 4) is 23.0 Å². The Morgan fingerprint density at radius 3 is 1.22 bits per heavy atom. The highest BCUT2D eigenvalue weighted by Gasteiger charge is 2.17. The van der Waals surface area contributed by atoms with Crippen LogP contribution in [-0.2, 0) is 28.7 Å². The molecule has 0 aliphatic heterocycles. The Morgan fingerprint density at radius 1 is 0.510 bits per heavy atom. The number of carboxylic acids is 2. The molecule has 4 rings (SSSR count). The third kappa shape index (κ3) is 15.2. The van der Waals surface area contributed by atoms with Gasteiger partial charge >= 0.3 is 23.9 Å². The van der Waals surface area contributed by atoms with Crippen LogP contribution >= 0.6 is 23.5 Å². The number of esters is 2. The van der Waals surface area contributed by atoms with E-state index in [0.29, 0.717) is 34.5 Å². The van der Waals surface area contributed by atoms with Crippen LogP contribution in [0.5, 0.6) is 23.0 Å². The number of benzene rings is 4. The molecule has 0 spiro atoms. The monoisotopic (exact) mass is 730 g/mol. The largest absolute Gasteiger partial charge is 0.490 e. The van der Waals surface area contributed by atoms with E-state index in [1.165, 1.54) is 23.5 Å². The number of aliphatic carboxylic acids is 2. The van der Waals surface area contributed by atoms with Crippen molar-refractivity contribution in [3.63, 3.8) is 0 Å². The first-order chi connectivity index (χ1) is 24.7. The highest BCUT2D eigenvalue weighted by molar-refractivity contribution is 7.99. The van der Waals surface area contributed by atoms with E-state index in [2.05, 4.69) is 0 Å². The molecule has 0 heterocycles. The van der Waals surface area contributed by atoms with Crippen LogP contribution in [0.3, 0.4) is 0 Å². The Hall–Kier alpha value is -5.66. The summed E-state index contributed by atoms with van der Waals surface area (Å²) in [6.45, 7) is 0.0797. The second kappa shape index (κ2) is 20.8. The quantitative estimate of drug-likeness (QED) is 0.0549. The zero-order valence-electron chi connectivity index (χ0n) is 27.1. The topological polar surface area (TPSA) is 155 Å². The van der Waals surface area contributed by atoms with E-state index in [0.717, 1.165) is 34.1 Å². The number of ether oxygens (including phenoxy) is 5. The number of rotatable bonds is 20. The van der Waals surface area contributed by atoms with Gasteiger partial charge < -0.3 is 33.9 Å². The van der Waals surface area contributed by atoms with Crippen molar-refractivity contribution in [1.82, 2.24) is 0 Å². The van der Waals surface area contributed by atoms with Gasteiger partial charge in [-0.1, -0.05) is 36.4 Å². The van der Waals surface area contributed by atoms with Crippen molar-refractivity contribution >= 4 is 47.4 Å². The number of carboxylic acid groups (broad SMARTS) is 2. The number of thioether (sulfide) groups is 2. The number of carbonyl (C=O) groups excluding carboxylic acids is 2. The fraction of sp³-hybridized carbons (Fsp3) is 0.158. The summed E-state index contributed by atoms with van der Waals surface area (Å²) < 4.78 is 28.6. The lowest BCUT2D eigenvalue weighted by molar-refractivity contribution is -0.144. The molecule has 264 valence electrons. The fourth-order valence-electron chi connectivity index (χ4n) is 4.05. The second-order valence-corrected chi connectivity index (χ2v) is 12.6. The van der Waals surface area contributed by atoms with Crippen molar-refractivity contribution in [2.75, 3.05) is 24.7 Å². The van der Waals surface area contributed by atoms with E-state index in [1.807, 2.05) is 60.7 Å². The molecule has 0 saturated heterocycles. The number of carbonyl (C=O) groups is 4. The molecule has 2 atom stereocenters. The molecule has 0 radical (unpaired) electrons. The average molecular weight is 731 g/mol. The molecule has 4 aromatic rings. The zero-order valence-corrected chi connectivity index (χ0v) is 28.7. The maximum absolute atomic E-state index is 12.1. The van der Waals surface area contributed by atoms with Crippen molar-refractivity contribution in [2.24, 2.45) is 0 Å². The lowest BCUT2D eigenvalue weighted by Crippen LogP contribution is -2.27. The van der Waals surface area contributed by atoms with Crippen LogP contribution < -0.4 is 14.2 Å². The molecule has 0 amide bonds. The van der Waals surface area contributed by atoms with Gasteiger partial charge in [-0.2, -0.15) is 0 Å². The van der Waals surface area contributed by atoms with Crippen LogP contribution in [-0.4, -0.2) is 71.0 Å². The molecule has 4 aromatic carbocycles. The maximum atomic E-state index is 12.1. The SMILES string of the molecule is O=C(O)/C=C\C(=O)OC(COc1ccc(Oc2ccc(OCC(CSc3ccccc3)OC(=O)/C=C\C(=O)O)cc2)cc1)CSc1ccccc1. The average Bonchev–Trinajstić information content (AvgIpc) is 3.14. The molecule has 0 aliphatic carbocycles.